The van der Waals surface area contributed by atoms with Crippen molar-refractivity contribution in [2.45, 2.75) is 6.92 Å². The molecule has 0 aliphatic rings. The number of hydrogen-bond donors (Lipinski definition) is 1. The van der Waals surface area contributed by atoms with E-state index in [1.54, 1.807) is 13.2 Å². The van der Waals surface area contributed by atoms with E-state index in [4.69, 9.17) is 4.74 Å². The van der Waals surface area contributed by atoms with Gasteiger partial charge in [0.15, 0.2) is 0 Å². The molecule has 0 aromatic heterocycles. The molecule has 1 atom stereocenters. The molecule has 0 rings (SSSR count). The number of allylic oxidation sites excluding steroid dienone is 4. The predicted octanol–water partition coefficient (Wildman–Crippen LogP) is 2.11. The van der Waals surface area contributed by atoms with Crippen molar-refractivity contribution < 1.29 is 4.74 Å². The fraction of sp³-hybridized carbons (Fsp3) is 0.455. The normalized spacial score (nSPS) is 14.5. The van der Waals surface area contributed by atoms with Crippen LogP contribution in [0, 0.1) is 5.92 Å². The highest BCUT2D eigenvalue weighted by Gasteiger charge is 2.05. The van der Waals surface area contributed by atoms with Crippen molar-refractivity contribution in [2.75, 3.05) is 20.7 Å². The Balaban J connectivity index is 4.21. The zero-order valence-electron chi connectivity index (χ0n) is 8.71. The zero-order valence-corrected chi connectivity index (χ0v) is 8.71. The minimum atomic E-state index is 0.393. The lowest BCUT2D eigenvalue weighted by Crippen LogP contribution is -2.18. The molecule has 0 radical (unpaired) electrons. The number of ether oxygens (including phenoxy) is 1. The van der Waals surface area contributed by atoms with Crippen molar-refractivity contribution in [3.05, 3.63) is 36.6 Å². The van der Waals surface area contributed by atoms with E-state index in [2.05, 4.69) is 18.8 Å². The van der Waals surface area contributed by atoms with E-state index >= 15 is 0 Å². The minimum Gasteiger partial charge on any atom is -0.501 e. The van der Waals surface area contributed by atoms with Crippen molar-refractivity contribution in [3.63, 3.8) is 0 Å². The Labute approximate surface area is 81.0 Å². The summed E-state index contributed by atoms with van der Waals surface area (Å²) in [5.74, 6) is 1.37. The molecule has 0 saturated carbocycles. The van der Waals surface area contributed by atoms with Gasteiger partial charge >= 0.3 is 0 Å². The van der Waals surface area contributed by atoms with Gasteiger partial charge < -0.3 is 10.1 Å². The molecule has 0 spiro atoms. The van der Waals surface area contributed by atoms with Gasteiger partial charge in [0.2, 0.25) is 0 Å². The summed E-state index contributed by atoms with van der Waals surface area (Å²) in [5, 5.41) is 3.11. The molecular formula is C11H19NO. The molecule has 0 aromatic rings. The van der Waals surface area contributed by atoms with Gasteiger partial charge in [0.1, 0.15) is 0 Å². The van der Waals surface area contributed by atoms with Crippen LogP contribution in [0.15, 0.2) is 36.6 Å². The molecule has 0 fully saturated rings. The van der Waals surface area contributed by atoms with E-state index in [9.17, 15) is 0 Å². The lowest BCUT2D eigenvalue weighted by atomic mass is 10.1. The van der Waals surface area contributed by atoms with Gasteiger partial charge in [-0.1, -0.05) is 31.7 Å². The van der Waals surface area contributed by atoms with Crippen LogP contribution < -0.4 is 5.32 Å². The van der Waals surface area contributed by atoms with Crippen molar-refractivity contribution in [1.29, 1.82) is 0 Å². The van der Waals surface area contributed by atoms with Crippen molar-refractivity contribution in [3.8, 4) is 0 Å². The first kappa shape index (κ1) is 12.0. The summed E-state index contributed by atoms with van der Waals surface area (Å²) in [7, 11) is 3.63. The zero-order chi connectivity index (χ0) is 10.1. The van der Waals surface area contributed by atoms with Gasteiger partial charge in [-0.05, 0) is 13.1 Å². The van der Waals surface area contributed by atoms with Crippen LogP contribution in [0.3, 0.4) is 0 Å². The Bertz CT molecular complexity index is 194. The van der Waals surface area contributed by atoms with Crippen molar-refractivity contribution in [2.24, 2.45) is 5.92 Å². The van der Waals surface area contributed by atoms with Gasteiger partial charge in [0.05, 0.1) is 12.9 Å². The van der Waals surface area contributed by atoms with E-state index < -0.39 is 0 Å². The third-order valence-electron chi connectivity index (χ3n) is 1.74. The van der Waals surface area contributed by atoms with Crippen LogP contribution in [0.1, 0.15) is 6.92 Å². The fourth-order valence-corrected chi connectivity index (χ4v) is 1.07. The lowest BCUT2D eigenvalue weighted by Gasteiger charge is -2.13. The molecule has 0 amide bonds. The highest BCUT2D eigenvalue weighted by Crippen LogP contribution is 2.09. The minimum absolute atomic E-state index is 0.393. The second-order valence-corrected chi connectivity index (χ2v) is 2.85. The average Bonchev–Trinajstić information content (AvgIpc) is 2.13. The van der Waals surface area contributed by atoms with Crippen LogP contribution in [0.4, 0.5) is 0 Å². The largest absolute Gasteiger partial charge is 0.501 e. The van der Waals surface area contributed by atoms with Gasteiger partial charge in [-0.2, -0.15) is 0 Å². The van der Waals surface area contributed by atoms with Crippen LogP contribution in [0.5, 0.6) is 0 Å². The third-order valence-corrected chi connectivity index (χ3v) is 1.74. The lowest BCUT2D eigenvalue weighted by molar-refractivity contribution is 0.246. The van der Waals surface area contributed by atoms with Crippen LogP contribution >= 0.6 is 0 Å². The fourth-order valence-electron chi connectivity index (χ4n) is 1.07. The van der Waals surface area contributed by atoms with E-state index in [0.29, 0.717) is 5.92 Å². The first-order chi connectivity index (χ1) is 6.26. The SMILES string of the molecule is C=C/C=C\C=C(\OC)C(C)CNC. The molecule has 0 aliphatic carbocycles. The number of nitrogens with one attached hydrogen (secondary N) is 1. The molecular weight excluding hydrogens is 162 g/mol. The highest BCUT2D eigenvalue weighted by atomic mass is 16.5. The van der Waals surface area contributed by atoms with E-state index in [-0.39, 0.29) is 0 Å². The molecule has 2 nitrogen and oxygen atoms in total. The maximum atomic E-state index is 5.25. The average molecular weight is 181 g/mol. The second-order valence-electron chi connectivity index (χ2n) is 2.85. The Hall–Kier alpha value is -1.02. The predicted molar refractivity (Wildman–Crippen MR) is 57.5 cm³/mol. The van der Waals surface area contributed by atoms with Gasteiger partial charge in [-0.15, -0.1) is 0 Å². The first-order valence-corrected chi connectivity index (χ1v) is 4.44. The van der Waals surface area contributed by atoms with Crippen LogP contribution in [-0.4, -0.2) is 20.7 Å². The highest BCUT2D eigenvalue weighted by molar-refractivity contribution is 5.13. The monoisotopic (exact) mass is 181 g/mol. The molecule has 2 heteroatoms. The Morgan fingerprint density at radius 3 is 2.69 bits per heavy atom. The summed E-state index contributed by atoms with van der Waals surface area (Å²) in [4.78, 5) is 0. The van der Waals surface area contributed by atoms with Crippen molar-refractivity contribution >= 4 is 0 Å². The van der Waals surface area contributed by atoms with E-state index in [1.165, 1.54) is 0 Å². The summed E-state index contributed by atoms with van der Waals surface area (Å²) < 4.78 is 5.25. The number of hydrogen-bond acceptors (Lipinski definition) is 2. The molecule has 0 aromatic carbocycles. The Kier molecular flexibility index (Phi) is 7.02. The van der Waals surface area contributed by atoms with Crippen molar-refractivity contribution in [1.82, 2.24) is 5.32 Å². The van der Waals surface area contributed by atoms with E-state index in [0.717, 1.165) is 12.3 Å². The van der Waals surface area contributed by atoms with Gasteiger partial charge in [-0.25, -0.2) is 0 Å². The van der Waals surface area contributed by atoms with Crippen LogP contribution in [0.2, 0.25) is 0 Å². The van der Waals surface area contributed by atoms with Gasteiger partial charge in [0, 0.05) is 12.5 Å². The summed E-state index contributed by atoms with van der Waals surface area (Å²) in [5.41, 5.74) is 0. The summed E-state index contributed by atoms with van der Waals surface area (Å²) >= 11 is 0. The molecule has 1 unspecified atom stereocenters. The van der Waals surface area contributed by atoms with Crippen LogP contribution in [0.25, 0.3) is 0 Å². The summed E-state index contributed by atoms with van der Waals surface area (Å²) in [6.45, 7) is 6.63. The number of rotatable bonds is 6. The standard InChI is InChI=1S/C11H19NO/c1-5-6-7-8-11(13-4)10(2)9-12-3/h5-8,10,12H,1,9H2,2-4H3/b7-6-,11-8+. The topological polar surface area (TPSA) is 21.3 Å². The van der Waals surface area contributed by atoms with Gasteiger partial charge in [-0.3, -0.25) is 0 Å². The molecule has 0 bridgehead atoms. The first-order valence-electron chi connectivity index (χ1n) is 4.44. The molecule has 74 valence electrons. The van der Waals surface area contributed by atoms with Gasteiger partial charge in [0.25, 0.3) is 0 Å². The maximum Gasteiger partial charge on any atom is 0.0996 e. The Morgan fingerprint density at radius 1 is 1.54 bits per heavy atom. The summed E-state index contributed by atoms with van der Waals surface area (Å²) in [6, 6.07) is 0. The smallest absolute Gasteiger partial charge is 0.0996 e. The second kappa shape index (κ2) is 7.62. The molecule has 0 saturated heterocycles. The Morgan fingerprint density at radius 2 is 2.23 bits per heavy atom. The number of methoxy groups -OCH3 is 1. The molecule has 13 heavy (non-hydrogen) atoms. The van der Waals surface area contributed by atoms with E-state index in [1.807, 2.05) is 25.3 Å². The summed E-state index contributed by atoms with van der Waals surface area (Å²) in [6.07, 6.45) is 7.51. The third kappa shape index (κ3) is 5.26. The molecule has 0 aliphatic heterocycles. The van der Waals surface area contributed by atoms with Crippen LogP contribution in [-0.2, 0) is 4.74 Å². The quantitative estimate of drug-likeness (QED) is 0.500. The molecule has 1 N–H and O–H groups in total. The molecule has 0 heterocycles. The maximum absolute atomic E-state index is 5.25.